The molecule has 0 bridgehead atoms. The molecule has 1 unspecified atom stereocenters. The Morgan fingerprint density at radius 3 is 2.24 bits per heavy atom. The van der Waals surface area contributed by atoms with Gasteiger partial charge in [-0.3, -0.25) is 4.79 Å². The number of rotatable bonds is 10. The van der Waals surface area contributed by atoms with Crippen molar-refractivity contribution in [1.82, 2.24) is 9.80 Å². The van der Waals surface area contributed by atoms with Gasteiger partial charge in [0, 0.05) is 42.9 Å². The Balaban J connectivity index is 1.33. The van der Waals surface area contributed by atoms with Crippen LogP contribution in [0.4, 0.5) is 0 Å². The predicted molar refractivity (Wildman–Crippen MR) is 154 cm³/mol. The van der Waals surface area contributed by atoms with E-state index in [1.54, 1.807) is 24.3 Å². The summed E-state index contributed by atoms with van der Waals surface area (Å²) in [4.78, 5) is 17.9. The molecule has 5 nitrogen and oxygen atoms in total. The average molecular weight is 553 g/mol. The highest BCUT2D eigenvalue weighted by atomic mass is 35.5. The average Bonchev–Trinajstić information content (AvgIpc) is 2.90. The van der Waals surface area contributed by atoms with Crippen molar-refractivity contribution in [3.05, 3.63) is 101 Å². The van der Waals surface area contributed by atoms with Crippen LogP contribution in [-0.2, 0) is 21.1 Å². The first kappa shape index (κ1) is 28.3. The fraction of sp³-hybridized carbons (Fsp3) is 0.387. The highest BCUT2D eigenvalue weighted by Gasteiger charge is 2.27. The lowest BCUT2D eigenvalue weighted by atomic mass is 9.88. The number of likely N-dealkylation sites (tertiary alicyclic amines) is 1. The number of piperidine rings is 1. The number of carbonyl (C=O) groups excluding carboxylic acids is 1. The van der Waals surface area contributed by atoms with E-state index < -0.39 is 9.84 Å². The van der Waals surface area contributed by atoms with E-state index in [0.717, 1.165) is 49.5 Å². The van der Waals surface area contributed by atoms with Gasteiger partial charge in [0.2, 0.25) is 5.91 Å². The van der Waals surface area contributed by atoms with Crippen molar-refractivity contribution in [3.63, 3.8) is 0 Å². The van der Waals surface area contributed by atoms with E-state index >= 15 is 0 Å². The normalized spacial score (nSPS) is 15.8. The molecule has 0 saturated carbocycles. The molecule has 38 heavy (non-hydrogen) atoms. The lowest BCUT2D eigenvalue weighted by Gasteiger charge is -2.38. The van der Waals surface area contributed by atoms with E-state index in [9.17, 15) is 13.2 Å². The molecule has 7 heteroatoms. The first-order chi connectivity index (χ1) is 18.2. The molecule has 0 aromatic heterocycles. The van der Waals surface area contributed by atoms with Crippen molar-refractivity contribution >= 4 is 27.3 Å². The number of likely N-dealkylation sites (N-methyl/N-ethyl adjacent to an activating group) is 1. The molecule has 3 aromatic rings. The van der Waals surface area contributed by atoms with Gasteiger partial charge in [0.1, 0.15) is 0 Å². The maximum absolute atomic E-state index is 13.1. The van der Waals surface area contributed by atoms with Crippen LogP contribution >= 0.6 is 11.6 Å². The molecule has 1 heterocycles. The number of hydrogen-bond donors (Lipinski definition) is 0. The molecule has 1 atom stereocenters. The summed E-state index contributed by atoms with van der Waals surface area (Å²) in [6.45, 7) is 5.64. The second kappa shape index (κ2) is 12.9. The van der Waals surface area contributed by atoms with E-state index in [2.05, 4.69) is 47.4 Å². The highest BCUT2D eigenvalue weighted by molar-refractivity contribution is 7.90. The fourth-order valence-electron chi connectivity index (χ4n) is 5.47. The molecule has 0 aliphatic carbocycles. The van der Waals surface area contributed by atoms with E-state index in [-0.39, 0.29) is 29.2 Å². The van der Waals surface area contributed by atoms with Crippen LogP contribution in [0.25, 0.3) is 0 Å². The van der Waals surface area contributed by atoms with Crippen molar-refractivity contribution in [2.45, 2.75) is 49.5 Å². The molecule has 1 saturated heterocycles. The molecule has 1 fully saturated rings. The smallest absolute Gasteiger partial charge is 0.227 e. The SMILES string of the molecule is CCN(C(=O)Cc1ccc(S(C)(=O)=O)cc1)C1CCN(CCC(c2ccccc2)c2cccc(Cl)c2)CC1. The Hall–Kier alpha value is -2.67. The number of nitrogens with zero attached hydrogens (tertiary/aromatic N) is 2. The highest BCUT2D eigenvalue weighted by Crippen LogP contribution is 2.30. The van der Waals surface area contributed by atoms with Crippen molar-refractivity contribution in [2.24, 2.45) is 0 Å². The minimum Gasteiger partial charge on any atom is -0.340 e. The minimum atomic E-state index is -3.24. The summed E-state index contributed by atoms with van der Waals surface area (Å²) in [6, 6.07) is 25.7. The summed E-state index contributed by atoms with van der Waals surface area (Å²) in [5, 5.41) is 0.764. The monoisotopic (exact) mass is 552 g/mol. The van der Waals surface area contributed by atoms with Gasteiger partial charge in [-0.25, -0.2) is 8.42 Å². The molecular formula is C31H37ClN2O3S. The summed E-state index contributed by atoms with van der Waals surface area (Å²) in [5.41, 5.74) is 3.38. The largest absolute Gasteiger partial charge is 0.340 e. The summed E-state index contributed by atoms with van der Waals surface area (Å²) in [6.07, 6.45) is 4.41. The predicted octanol–water partition coefficient (Wildman–Crippen LogP) is 5.82. The molecule has 1 amide bonds. The number of amides is 1. The van der Waals surface area contributed by atoms with Gasteiger partial charge in [-0.1, -0.05) is 66.2 Å². The van der Waals surface area contributed by atoms with Crippen LogP contribution in [0.2, 0.25) is 5.02 Å². The summed E-state index contributed by atoms with van der Waals surface area (Å²) >= 11 is 6.32. The Bertz CT molecular complexity index is 1300. The Morgan fingerprint density at radius 1 is 0.974 bits per heavy atom. The molecule has 4 rings (SSSR count). The van der Waals surface area contributed by atoms with Crippen LogP contribution in [-0.4, -0.2) is 62.6 Å². The van der Waals surface area contributed by atoms with Crippen LogP contribution in [0.15, 0.2) is 83.8 Å². The maximum atomic E-state index is 13.1. The molecule has 1 aliphatic heterocycles. The van der Waals surface area contributed by atoms with Crippen LogP contribution in [0.3, 0.4) is 0 Å². The van der Waals surface area contributed by atoms with Gasteiger partial charge in [0.05, 0.1) is 11.3 Å². The summed E-state index contributed by atoms with van der Waals surface area (Å²) < 4.78 is 23.4. The number of halogens is 1. The van der Waals surface area contributed by atoms with Gasteiger partial charge in [0.15, 0.2) is 9.84 Å². The van der Waals surface area contributed by atoms with Crippen LogP contribution < -0.4 is 0 Å². The van der Waals surface area contributed by atoms with Crippen LogP contribution in [0.5, 0.6) is 0 Å². The van der Waals surface area contributed by atoms with Crippen molar-refractivity contribution in [3.8, 4) is 0 Å². The lowest BCUT2D eigenvalue weighted by molar-refractivity contribution is -0.133. The van der Waals surface area contributed by atoms with Crippen molar-refractivity contribution in [1.29, 1.82) is 0 Å². The Labute approximate surface area is 232 Å². The van der Waals surface area contributed by atoms with E-state index in [0.29, 0.717) is 6.54 Å². The third kappa shape index (κ3) is 7.46. The summed E-state index contributed by atoms with van der Waals surface area (Å²) in [7, 11) is -3.24. The molecule has 3 aromatic carbocycles. The van der Waals surface area contributed by atoms with Gasteiger partial charge in [-0.15, -0.1) is 0 Å². The standard InChI is InChI=1S/C31H37ClN2O3S/c1-3-34(31(35)22-24-12-14-29(15-13-24)38(2,36)37)28-16-19-33(20-17-28)21-18-30(25-8-5-4-6-9-25)26-10-7-11-27(32)23-26/h4-15,23,28,30H,3,16-22H2,1-2H3. The number of sulfone groups is 1. The van der Waals surface area contributed by atoms with Gasteiger partial charge >= 0.3 is 0 Å². The zero-order chi connectivity index (χ0) is 27.1. The molecule has 0 spiro atoms. The van der Waals surface area contributed by atoms with Gasteiger partial charge in [-0.05, 0) is 73.7 Å². The zero-order valence-corrected chi connectivity index (χ0v) is 23.8. The molecular weight excluding hydrogens is 516 g/mol. The Morgan fingerprint density at radius 2 is 1.63 bits per heavy atom. The van der Waals surface area contributed by atoms with Crippen molar-refractivity contribution in [2.75, 3.05) is 32.4 Å². The van der Waals surface area contributed by atoms with Gasteiger partial charge < -0.3 is 9.80 Å². The van der Waals surface area contributed by atoms with Crippen molar-refractivity contribution < 1.29 is 13.2 Å². The first-order valence-corrected chi connectivity index (χ1v) is 15.6. The molecule has 1 aliphatic rings. The molecule has 202 valence electrons. The summed E-state index contributed by atoms with van der Waals surface area (Å²) in [5.74, 6) is 0.388. The fourth-order valence-corrected chi connectivity index (χ4v) is 6.30. The van der Waals surface area contributed by atoms with Crippen LogP contribution in [0, 0.1) is 0 Å². The maximum Gasteiger partial charge on any atom is 0.227 e. The second-order valence-electron chi connectivity index (χ2n) is 10.2. The second-order valence-corrected chi connectivity index (χ2v) is 12.6. The van der Waals surface area contributed by atoms with E-state index in [1.165, 1.54) is 17.4 Å². The molecule has 0 N–H and O–H groups in total. The third-order valence-electron chi connectivity index (χ3n) is 7.55. The lowest BCUT2D eigenvalue weighted by Crippen LogP contribution is -2.48. The topological polar surface area (TPSA) is 57.7 Å². The quantitative estimate of drug-likeness (QED) is 0.318. The minimum absolute atomic E-state index is 0.100. The third-order valence-corrected chi connectivity index (χ3v) is 8.92. The van der Waals surface area contributed by atoms with E-state index in [4.69, 9.17) is 11.6 Å². The van der Waals surface area contributed by atoms with Crippen LogP contribution in [0.1, 0.15) is 48.8 Å². The van der Waals surface area contributed by atoms with E-state index in [1.807, 2.05) is 24.0 Å². The molecule has 0 radical (unpaired) electrons. The van der Waals surface area contributed by atoms with Gasteiger partial charge in [-0.2, -0.15) is 0 Å². The first-order valence-electron chi connectivity index (χ1n) is 13.4. The number of hydrogen-bond acceptors (Lipinski definition) is 4. The van der Waals surface area contributed by atoms with Gasteiger partial charge in [0.25, 0.3) is 0 Å². The Kier molecular flexibility index (Phi) is 9.64. The zero-order valence-electron chi connectivity index (χ0n) is 22.2. The number of benzene rings is 3. The number of carbonyl (C=O) groups is 1.